The maximum absolute atomic E-state index is 11.7. The van der Waals surface area contributed by atoms with E-state index in [0.717, 1.165) is 24.1 Å². The number of cyclic esters (lactones) is 1. The van der Waals surface area contributed by atoms with E-state index >= 15 is 0 Å². The molecule has 1 heterocycles. The van der Waals surface area contributed by atoms with Gasteiger partial charge in [0.25, 0.3) is 0 Å². The van der Waals surface area contributed by atoms with Crippen molar-refractivity contribution in [2.24, 2.45) is 4.99 Å². The smallest absolute Gasteiger partial charge is 0.340 e. The molecule has 0 aliphatic carbocycles. The van der Waals surface area contributed by atoms with Crippen LogP contribution in [0.15, 0.2) is 59.1 Å². The maximum atomic E-state index is 11.7. The van der Waals surface area contributed by atoms with Crippen molar-refractivity contribution in [3.05, 3.63) is 59.7 Å². The third kappa shape index (κ3) is 3.92. The molecule has 1 saturated heterocycles. The van der Waals surface area contributed by atoms with E-state index in [4.69, 9.17) is 4.74 Å². The van der Waals surface area contributed by atoms with Crippen molar-refractivity contribution >= 4 is 11.7 Å². The molecule has 1 aliphatic rings. The zero-order valence-electron chi connectivity index (χ0n) is 11.7. The fourth-order valence-corrected chi connectivity index (χ4v) is 1.90. The van der Waals surface area contributed by atoms with Crippen LogP contribution in [0.1, 0.15) is 25.3 Å². The molecule has 1 fully saturated rings. The number of rotatable bonds is 5. The van der Waals surface area contributed by atoms with Crippen molar-refractivity contribution in [2.75, 3.05) is 6.61 Å². The van der Waals surface area contributed by atoms with Gasteiger partial charge in [-0.1, -0.05) is 55.8 Å². The highest BCUT2D eigenvalue weighted by Crippen LogP contribution is 2.13. The fraction of sp³-hybridized carbons (Fsp3) is 0.294. The first-order valence-electron chi connectivity index (χ1n) is 6.93. The second-order valence-corrected chi connectivity index (χ2v) is 4.62. The number of hydrogen-bond acceptors (Lipinski definition) is 3. The molecular formula is C17H19NO2. The molecule has 1 aromatic rings. The molecule has 2 rings (SSSR count). The van der Waals surface area contributed by atoms with Gasteiger partial charge in [-0.2, -0.15) is 0 Å². The summed E-state index contributed by atoms with van der Waals surface area (Å²) in [5.41, 5.74) is 2.44. The van der Waals surface area contributed by atoms with Gasteiger partial charge >= 0.3 is 5.97 Å². The van der Waals surface area contributed by atoms with E-state index in [2.05, 4.69) is 11.9 Å². The fourth-order valence-electron chi connectivity index (χ4n) is 1.90. The minimum atomic E-state index is -0.280. The summed E-state index contributed by atoms with van der Waals surface area (Å²) in [6.07, 6.45) is 7.86. The monoisotopic (exact) mass is 269 g/mol. The Morgan fingerprint density at radius 1 is 1.30 bits per heavy atom. The number of hydrogen-bond donors (Lipinski definition) is 0. The molecule has 0 N–H and O–H groups in total. The Balaban J connectivity index is 2.07. The van der Waals surface area contributed by atoms with Crippen LogP contribution in [0, 0.1) is 0 Å². The van der Waals surface area contributed by atoms with E-state index < -0.39 is 0 Å². The minimum Gasteiger partial charge on any atom is -0.456 e. The second-order valence-electron chi connectivity index (χ2n) is 4.62. The number of esters is 1. The van der Waals surface area contributed by atoms with Crippen LogP contribution in [-0.2, 0) is 16.1 Å². The molecule has 0 unspecified atom stereocenters. The first-order valence-corrected chi connectivity index (χ1v) is 6.93. The largest absolute Gasteiger partial charge is 0.456 e. The molecule has 0 atom stereocenters. The lowest BCUT2D eigenvalue weighted by Gasteiger charge is -1.97. The number of carbonyl (C=O) groups is 1. The molecule has 0 saturated carbocycles. The number of carbonyl (C=O) groups excluding carboxylic acids is 1. The van der Waals surface area contributed by atoms with Crippen molar-refractivity contribution in [3.63, 3.8) is 0 Å². The summed E-state index contributed by atoms with van der Waals surface area (Å²) in [5, 5.41) is 0. The minimum absolute atomic E-state index is 0.277. The first kappa shape index (κ1) is 14.3. The average molecular weight is 269 g/mol. The van der Waals surface area contributed by atoms with Gasteiger partial charge in [-0.3, -0.25) is 4.99 Å². The molecule has 0 aromatic heterocycles. The van der Waals surface area contributed by atoms with Gasteiger partial charge < -0.3 is 4.74 Å². The highest BCUT2D eigenvalue weighted by Gasteiger charge is 2.25. The number of ether oxygens (including phenoxy) is 1. The van der Waals surface area contributed by atoms with Crippen molar-refractivity contribution < 1.29 is 9.53 Å². The van der Waals surface area contributed by atoms with Crippen molar-refractivity contribution in [1.29, 1.82) is 0 Å². The standard InChI is InChI=1S/C17H19NO2/c1-2-3-4-8-11-15-16(13-20-17(15)19)18-12-14-9-6-5-7-10-14/h4-11H,2-3,12-13H2,1H3/b8-4+,15-11+,18-16?. The summed E-state index contributed by atoms with van der Waals surface area (Å²) < 4.78 is 5.05. The van der Waals surface area contributed by atoms with Gasteiger partial charge in [-0.25, -0.2) is 4.79 Å². The van der Waals surface area contributed by atoms with Crippen LogP contribution in [0.25, 0.3) is 0 Å². The van der Waals surface area contributed by atoms with Crippen molar-refractivity contribution in [2.45, 2.75) is 26.3 Å². The molecule has 0 bridgehead atoms. The zero-order valence-corrected chi connectivity index (χ0v) is 11.7. The molecule has 3 nitrogen and oxygen atoms in total. The summed E-state index contributed by atoms with van der Waals surface area (Å²) in [6.45, 7) is 2.97. The van der Waals surface area contributed by atoms with E-state index in [1.165, 1.54) is 0 Å². The average Bonchev–Trinajstić information content (AvgIpc) is 2.83. The lowest BCUT2D eigenvalue weighted by molar-refractivity contribution is -0.134. The van der Waals surface area contributed by atoms with Crippen LogP contribution < -0.4 is 0 Å². The third-order valence-electron chi connectivity index (χ3n) is 3.02. The van der Waals surface area contributed by atoms with E-state index in [-0.39, 0.29) is 12.6 Å². The maximum Gasteiger partial charge on any atom is 0.340 e. The van der Waals surface area contributed by atoms with Crippen molar-refractivity contribution in [3.8, 4) is 0 Å². The predicted molar refractivity (Wildman–Crippen MR) is 80.7 cm³/mol. The van der Waals surface area contributed by atoms with Crippen LogP contribution in [0.2, 0.25) is 0 Å². The number of benzene rings is 1. The molecule has 20 heavy (non-hydrogen) atoms. The zero-order chi connectivity index (χ0) is 14.2. The molecule has 3 heteroatoms. The van der Waals surface area contributed by atoms with E-state index in [0.29, 0.717) is 12.1 Å². The van der Waals surface area contributed by atoms with Crippen LogP contribution in [0.5, 0.6) is 0 Å². The molecule has 0 spiro atoms. The van der Waals surface area contributed by atoms with Crippen LogP contribution in [0.4, 0.5) is 0 Å². The van der Waals surface area contributed by atoms with Gasteiger partial charge in [0.2, 0.25) is 0 Å². The van der Waals surface area contributed by atoms with Gasteiger partial charge in [0.05, 0.1) is 17.8 Å². The Hall–Kier alpha value is -2.16. The SMILES string of the molecule is CCC/C=C/C=C1/C(=O)OCC1=NCc1ccccc1. The molecule has 0 radical (unpaired) electrons. The summed E-state index contributed by atoms with van der Waals surface area (Å²) in [5.74, 6) is -0.280. The Morgan fingerprint density at radius 3 is 2.85 bits per heavy atom. The first-order chi connectivity index (χ1) is 9.81. The Labute approximate surface area is 119 Å². The summed E-state index contributed by atoms with van der Waals surface area (Å²) >= 11 is 0. The summed E-state index contributed by atoms with van der Waals surface area (Å²) in [4.78, 5) is 16.1. The Kier molecular flexibility index (Phi) is 5.30. The van der Waals surface area contributed by atoms with E-state index in [1.54, 1.807) is 6.08 Å². The highest BCUT2D eigenvalue weighted by molar-refractivity contribution is 6.24. The lowest BCUT2D eigenvalue weighted by Crippen LogP contribution is -2.02. The third-order valence-corrected chi connectivity index (χ3v) is 3.02. The van der Waals surface area contributed by atoms with Gasteiger partial charge in [-0.05, 0) is 18.1 Å². The summed E-state index contributed by atoms with van der Waals surface area (Å²) in [6, 6.07) is 9.98. The number of unbranched alkanes of at least 4 members (excludes halogenated alkanes) is 1. The molecule has 104 valence electrons. The normalized spacial score (nSPS) is 19.1. The number of allylic oxidation sites excluding steroid dienone is 3. The molecule has 1 aromatic carbocycles. The lowest BCUT2D eigenvalue weighted by atomic mass is 10.1. The second kappa shape index (κ2) is 7.43. The van der Waals surface area contributed by atoms with Gasteiger partial charge in [0.15, 0.2) is 0 Å². The van der Waals surface area contributed by atoms with Crippen LogP contribution in [-0.4, -0.2) is 18.3 Å². The quantitative estimate of drug-likeness (QED) is 0.606. The Morgan fingerprint density at radius 2 is 2.10 bits per heavy atom. The summed E-state index contributed by atoms with van der Waals surface area (Å²) in [7, 11) is 0. The highest BCUT2D eigenvalue weighted by atomic mass is 16.5. The molecular weight excluding hydrogens is 250 g/mol. The van der Waals surface area contributed by atoms with E-state index in [9.17, 15) is 4.79 Å². The number of nitrogens with zero attached hydrogens (tertiary/aromatic N) is 1. The van der Waals surface area contributed by atoms with Gasteiger partial charge in [0, 0.05) is 0 Å². The van der Waals surface area contributed by atoms with Crippen LogP contribution >= 0.6 is 0 Å². The van der Waals surface area contributed by atoms with E-state index in [1.807, 2.05) is 42.5 Å². The topological polar surface area (TPSA) is 38.7 Å². The van der Waals surface area contributed by atoms with Gasteiger partial charge in [0.1, 0.15) is 6.61 Å². The van der Waals surface area contributed by atoms with Gasteiger partial charge in [-0.15, -0.1) is 0 Å². The molecule has 1 aliphatic heterocycles. The Bertz CT molecular complexity index is 541. The number of aliphatic imine (C=N–C) groups is 1. The van der Waals surface area contributed by atoms with Crippen molar-refractivity contribution in [1.82, 2.24) is 0 Å². The predicted octanol–water partition coefficient (Wildman–Crippen LogP) is 3.47. The molecule has 0 amide bonds. The van der Waals surface area contributed by atoms with Crippen LogP contribution in [0.3, 0.4) is 0 Å².